The van der Waals surface area contributed by atoms with Gasteiger partial charge in [0.25, 0.3) is 0 Å². The molecule has 0 aromatic heterocycles. The average molecular weight is 553 g/mol. The lowest BCUT2D eigenvalue weighted by atomic mass is 10.0. The van der Waals surface area contributed by atoms with Crippen LogP contribution in [0.1, 0.15) is 206 Å². The minimum absolute atomic E-state index is 0.00379. The highest BCUT2D eigenvalue weighted by molar-refractivity contribution is 5.69. The molecule has 0 fully saturated rings. The van der Waals surface area contributed by atoms with Crippen LogP contribution in [0.3, 0.4) is 0 Å². The lowest BCUT2D eigenvalue weighted by Gasteiger charge is -2.18. The van der Waals surface area contributed by atoms with Crippen molar-refractivity contribution in [3.63, 3.8) is 0 Å². The second kappa shape index (κ2) is 31.5. The molecule has 0 rings (SSSR count). The molecule has 0 aliphatic carbocycles. The van der Waals surface area contributed by atoms with Gasteiger partial charge in [0, 0.05) is 12.8 Å². The van der Waals surface area contributed by atoms with Gasteiger partial charge >= 0.3 is 11.9 Å². The number of aliphatic carboxylic acids is 1. The number of unbranched alkanes of at least 4 members (excludes halogenated alkanes) is 23. The minimum Gasteiger partial charge on any atom is -0.481 e. The van der Waals surface area contributed by atoms with Crippen molar-refractivity contribution in [2.75, 3.05) is 0 Å². The van der Waals surface area contributed by atoms with Crippen molar-refractivity contribution < 1.29 is 19.4 Å². The normalized spacial score (nSPS) is 12.1. The number of hydrogen-bond donors (Lipinski definition) is 1. The van der Waals surface area contributed by atoms with Gasteiger partial charge in [-0.25, -0.2) is 0 Å². The van der Waals surface area contributed by atoms with Gasteiger partial charge in [-0.1, -0.05) is 155 Å². The minimum atomic E-state index is -0.698. The predicted molar refractivity (Wildman–Crippen MR) is 167 cm³/mol. The van der Waals surface area contributed by atoms with Gasteiger partial charge in [-0.3, -0.25) is 9.59 Å². The molecule has 0 aliphatic rings. The highest BCUT2D eigenvalue weighted by Crippen LogP contribution is 2.19. The smallest absolute Gasteiger partial charge is 0.306 e. The Balaban J connectivity index is 3.96. The Hall–Kier alpha value is -1.06. The molecule has 0 saturated heterocycles. The van der Waals surface area contributed by atoms with Gasteiger partial charge in [0.05, 0.1) is 0 Å². The van der Waals surface area contributed by atoms with E-state index in [0.717, 1.165) is 64.2 Å². The van der Waals surface area contributed by atoms with Crippen molar-refractivity contribution in [2.45, 2.75) is 213 Å². The summed E-state index contributed by atoms with van der Waals surface area (Å²) in [5, 5.41) is 8.77. The van der Waals surface area contributed by atoms with E-state index in [1.165, 1.54) is 116 Å². The van der Waals surface area contributed by atoms with E-state index >= 15 is 0 Å². The molecule has 1 atom stereocenters. The first-order chi connectivity index (χ1) is 19.1. The lowest BCUT2D eigenvalue weighted by molar-refractivity contribution is -0.150. The second-order valence-electron chi connectivity index (χ2n) is 12.1. The fraction of sp³-hybridized carbons (Fsp3) is 0.943. The van der Waals surface area contributed by atoms with E-state index in [1.54, 1.807) is 0 Å². The second-order valence-corrected chi connectivity index (χ2v) is 12.1. The zero-order chi connectivity index (χ0) is 28.7. The van der Waals surface area contributed by atoms with Gasteiger partial charge in [0.2, 0.25) is 0 Å². The molecule has 0 aromatic rings. The largest absolute Gasteiger partial charge is 0.481 e. The number of esters is 1. The Morgan fingerprint density at radius 3 is 1.13 bits per heavy atom. The Bertz CT molecular complexity index is 519. The van der Waals surface area contributed by atoms with Gasteiger partial charge in [-0.2, -0.15) is 0 Å². The lowest BCUT2D eigenvalue weighted by Crippen LogP contribution is -2.18. The van der Waals surface area contributed by atoms with Crippen LogP contribution in [-0.4, -0.2) is 23.1 Å². The monoisotopic (exact) mass is 553 g/mol. The predicted octanol–water partition coefficient (Wildman–Crippen LogP) is 11.7. The van der Waals surface area contributed by atoms with Gasteiger partial charge in [0.15, 0.2) is 0 Å². The zero-order valence-electron chi connectivity index (χ0n) is 26.5. The Morgan fingerprint density at radius 1 is 0.462 bits per heavy atom. The molecule has 0 aliphatic heterocycles. The van der Waals surface area contributed by atoms with Crippen LogP contribution in [0.15, 0.2) is 0 Å². The van der Waals surface area contributed by atoms with E-state index < -0.39 is 5.97 Å². The Kier molecular flexibility index (Phi) is 30.6. The fourth-order valence-electron chi connectivity index (χ4n) is 5.48. The summed E-state index contributed by atoms with van der Waals surface area (Å²) in [5.41, 5.74) is 0. The van der Waals surface area contributed by atoms with Crippen LogP contribution in [0.25, 0.3) is 0 Å². The molecule has 232 valence electrons. The summed E-state index contributed by atoms with van der Waals surface area (Å²) in [7, 11) is 0. The summed E-state index contributed by atoms with van der Waals surface area (Å²) >= 11 is 0. The standard InChI is InChI=1S/C35H68O4/c1-3-5-7-9-11-13-14-15-16-17-19-24-28-32-35(38)39-33(29-25-21-18-12-10-8-6-4-2)30-26-22-20-23-27-31-34(36)37/h33H,3-32H2,1-2H3,(H,36,37). The van der Waals surface area contributed by atoms with Crippen LogP contribution in [0.5, 0.6) is 0 Å². The SMILES string of the molecule is CCCCCCCCCCCCCCCC(=O)OC(CCCCCCCCCC)CCCCCCCC(=O)O. The maximum absolute atomic E-state index is 12.6. The summed E-state index contributed by atoms with van der Waals surface area (Å²) in [4.78, 5) is 23.2. The van der Waals surface area contributed by atoms with Gasteiger partial charge < -0.3 is 9.84 Å². The van der Waals surface area contributed by atoms with Crippen LogP contribution in [0.2, 0.25) is 0 Å². The van der Waals surface area contributed by atoms with Crippen molar-refractivity contribution >= 4 is 11.9 Å². The average Bonchev–Trinajstić information content (AvgIpc) is 2.91. The number of hydrogen-bond acceptors (Lipinski definition) is 3. The highest BCUT2D eigenvalue weighted by Gasteiger charge is 2.14. The first-order valence-corrected chi connectivity index (χ1v) is 17.5. The molecular formula is C35H68O4. The molecule has 1 N–H and O–H groups in total. The topological polar surface area (TPSA) is 63.6 Å². The molecule has 0 radical (unpaired) electrons. The van der Waals surface area contributed by atoms with Crippen LogP contribution >= 0.6 is 0 Å². The Labute approximate surface area is 243 Å². The quantitative estimate of drug-likeness (QED) is 0.0665. The third kappa shape index (κ3) is 31.3. The van der Waals surface area contributed by atoms with Gasteiger partial charge in [-0.05, 0) is 38.5 Å². The van der Waals surface area contributed by atoms with Crippen LogP contribution in [-0.2, 0) is 14.3 Å². The third-order valence-corrected chi connectivity index (χ3v) is 8.08. The van der Waals surface area contributed by atoms with E-state index in [9.17, 15) is 9.59 Å². The fourth-order valence-corrected chi connectivity index (χ4v) is 5.48. The molecule has 39 heavy (non-hydrogen) atoms. The van der Waals surface area contributed by atoms with E-state index in [4.69, 9.17) is 9.84 Å². The molecule has 0 bridgehead atoms. The number of carboxylic acids is 1. The molecule has 0 saturated carbocycles. The summed E-state index contributed by atoms with van der Waals surface area (Å²) in [5.74, 6) is -0.695. The zero-order valence-corrected chi connectivity index (χ0v) is 26.5. The number of carbonyl (C=O) groups is 2. The molecule has 0 spiro atoms. The van der Waals surface area contributed by atoms with Crippen molar-refractivity contribution in [2.24, 2.45) is 0 Å². The molecule has 1 unspecified atom stereocenters. The molecule has 4 heteroatoms. The van der Waals surface area contributed by atoms with E-state index in [0.29, 0.717) is 6.42 Å². The van der Waals surface area contributed by atoms with Crippen molar-refractivity contribution in [3.8, 4) is 0 Å². The highest BCUT2D eigenvalue weighted by atomic mass is 16.5. The summed E-state index contributed by atoms with van der Waals surface area (Å²) in [6, 6.07) is 0. The van der Waals surface area contributed by atoms with E-state index in [1.807, 2.05) is 0 Å². The Morgan fingerprint density at radius 2 is 0.769 bits per heavy atom. The number of carboxylic acid groups (broad SMARTS) is 1. The molecule has 0 amide bonds. The number of rotatable bonds is 32. The summed E-state index contributed by atoms with van der Waals surface area (Å²) in [6.45, 7) is 4.54. The van der Waals surface area contributed by atoms with Crippen molar-refractivity contribution in [1.82, 2.24) is 0 Å². The molecule has 0 aromatic carbocycles. The molecule has 0 heterocycles. The summed E-state index contributed by atoms with van der Waals surface area (Å²) < 4.78 is 5.96. The maximum Gasteiger partial charge on any atom is 0.306 e. The van der Waals surface area contributed by atoms with Crippen LogP contribution in [0, 0.1) is 0 Å². The van der Waals surface area contributed by atoms with Gasteiger partial charge in [0.1, 0.15) is 6.10 Å². The van der Waals surface area contributed by atoms with E-state index in [-0.39, 0.29) is 18.5 Å². The van der Waals surface area contributed by atoms with Crippen molar-refractivity contribution in [1.29, 1.82) is 0 Å². The first kappa shape index (κ1) is 37.9. The maximum atomic E-state index is 12.6. The van der Waals surface area contributed by atoms with Crippen LogP contribution in [0.4, 0.5) is 0 Å². The number of ether oxygens (including phenoxy) is 1. The summed E-state index contributed by atoms with van der Waals surface area (Å²) in [6.07, 6.45) is 35.4. The van der Waals surface area contributed by atoms with Crippen LogP contribution < -0.4 is 0 Å². The van der Waals surface area contributed by atoms with Gasteiger partial charge in [-0.15, -0.1) is 0 Å². The first-order valence-electron chi connectivity index (χ1n) is 17.5. The molecular weight excluding hydrogens is 484 g/mol. The van der Waals surface area contributed by atoms with E-state index in [2.05, 4.69) is 13.8 Å². The third-order valence-electron chi connectivity index (χ3n) is 8.08. The number of carbonyl (C=O) groups excluding carboxylic acids is 1. The van der Waals surface area contributed by atoms with Crippen molar-refractivity contribution in [3.05, 3.63) is 0 Å². The molecule has 4 nitrogen and oxygen atoms in total.